The summed E-state index contributed by atoms with van der Waals surface area (Å²) in [6.07, 6.45) is 0. The van der Waals surface area contributed by atoms with E-state index in [4.69, 9.17) is 0 Å². The summed E-state index contributed by atoms with van der Waals surface area (Å²) in [7, 11) is 1.72. The van der Waals surface area contributed by atoms with Crippen molar-refractivity contribution in [3.8, 4) is 0 Å². The van der Waals surface area contributed by atoms with E-state index in [1.165, 1.54) is 4.90 Å². The zero-order valence-electron chi connectivity index (χ0n) is 11.0. The van der Waals surface area contributed by atoms with Crippen LogP contribution >= 0.6 is 0 Å². The highest BCUT2D eigenvalue weighted by Crippen LogP contribution is 2.34. The predicted octanol–water partition coefficient (Wildman–Crippen LogP) is -2.74. The molecule has 0 aromatic heterocycles. The fourth-order valence-electron chi connectivity index (χ4n) is 2.35. The van der Waals surface area contributed by atoms with Gasteiger partial charge in [-0.2, -0.15) is 0 Å². The Morgan fingerprint density at radius 1 is 1.32 bits per heavy atom. The number of urea groups is 1. The third-order valence-electron chi connectivity index (χ3n) is 3.48. The van der Waals surface area contributed by atoms with Gasteiger partial charge in [0, 0.05) is 7.05 Å². The van der Waals surface area contributed by atoms with Gasteiger partial charge in [-0.05, 0) is 12.5 Å². The maximum Gasteiger partial charge on any atom is 0.327 e. The Morgan fingerprint density at radius 2 is 1.89 bits per heavy atom. The van der Waals surface area contributed by atoms with E-state index >= 15 is 0 Å². The van der Waals surface area contributed by atoms with E-state index < -0.39 is 0 Å². The molecule has 0 saturated carbocycles. The Kier molecular flexibility index (Phi) is 4.91. The molecule has 2 atom stereocenters. The fourth-order valence-corrected chi connectivity index (χ4v) is 2.35. The lowest BCUT2D eigenvalue weighted by Crippen LogP contribution is -3.00. The first-order valence-electron chi connectivity index (χ1n) is 6.01. The van der Waals surface area contributed by atoms with Crippen molar-refractivity contribution in [3.63, 3.8) is 0 Å². The third kappa shape index (κ3) is 2.57. The maximum atomic E-state index is 12.1. The monoisotopic (exact) mass is 283 g/mol. The topological polar surface area (TPSA) is 68.3 Å². The number of hydrogen-bond acceptors (Lipinski definition) is 2. The van der Waals surface area contributed by atoms with Crippen molar-refractivity contribution in [2.24, 2.45) is 0 Å². The van der Waals surface area contributed by atoms with E-state index in [0.717, 1.165) is 5.56 Å². The number of hydrogen-bond donors (Lipinski definition) is 1. The predicted molar refractivity (Wildman–Crippen MR) is 66.4 cm³/mol. The summed E-state index contributed by atoms with van der Waals surface area (Å²) in [5.74, 6) is -0.231. The fraction of sp³-hybridized carbons (Fsp3) is 0.385. The van der Waals surface area contributed by atoms with Crippen molar-refractivity contribution in [1.82, 2.24) is 9.80 Å². The second kappa shape index (κ2) is 6.04. The molecule has 0 unspecified atom stereocenters. The number of quaternary nitrogens is 1. The molecule has 0 radical (unpaired) electrons. The molecule has 104 valence electrons. The van der Waals surface area contributed by atoms with Gasteiger partial charge in [0.15, 0.2) is 6.54 Å². The van der Waals surface area contributed by atoms with Gasteiger partial charge in [0.1, 0.15) is 0 Å². The van der Waals surface area contributed by atoms with Gasteiger partial charge < -0.3 is 23.0 Å². The highest BCUT2D eigenvalue weighted by atomic mass is 35.5. The third-order valence-corrected chi connectivity index (χ3v) is 3.48. The van der Waals surface area contributed by atoms with Crippen LogP contribution in [0.15, 0.2) is 30.3 Å². The van der Waals surface area contributed by atoms with Gasteiger partial charge in [0.05, 0.1) is 12.1 Å². The Labute approximate surface area is 118 Å². The lowest BCUT2D eigenvalue weighted by molar-refractivity contribution is -0.356. The molecule has 1 aromatic rings. The number of amides is 3. The SMILES string of the molecule is C[C@H]1[C@@H](c2ccccc2)N(C(=O)C[NH3+])C(=O)N1C.[Cl-]. The minimum Gasteiger partial charge on any atom is -1.00 e. The first kappa shape index (κ1) is 15.5. The second-order valence-electron chi connectivity index (χ2n) is 4.50. The van der Waals surface area contributed by atoms with Crippen molar-refractivity contribution < 1.29 is 27.7 Å². The van der Waals surface area contributed by atoms with Crippen LogP contribution in [0.5, 0.6) is 0 Å². The molecule has 0 spiro atoms. The smallest absolute Gasteiger partial charge is 0.327 e. The van der Waals surface area contributed by atoms with Crippen molar-refractivity contribution in [2.75, 3.05) is 13.6 Å². The van der Waals surface area contributed by atoms with Crippen molar-refractivity contribution in [2.45, 2.75) is 19.0 Å². The van der Waals surface area contributed by atoms with E-state index in [9.17, 15) is 9.59 Å². The molecule has 0 aliphatic carbocycles. The van der Waals surface area contributed by atoms with Crippen LogP contribution in [-0.4, -0.2) is 41.4 Å². The number of carbonyl (C=O) groups is 2. The molecule has 0 bridgehead atoms. The van der Waals surface area contributed by atoms with E-state index in [0.29, 0.717) is 0 Å². The van der Waals surface area contributed by atoms with Crippen LogP contribution in [0.25, 0.3) is 0 Å². The second-order valence-corrected chi connectivity index (χ2v) is 4.50. The number of benzene rings is 1. The largest absolute Gasteiger partial charge is 1.00 e. The number of rotatable bonds is 2. The zero-order chi connectivity index (χ0) is 13.3. The van der Waals surface area contributed by atoms with E-state index in [1.54, 1.807) is 11.9 Å². The molecule has 2 rings (SSSR count). The molecule has 19 heavy (non-hydrogen) atoms. The van der Waals surface area contributed by atoms with Crippen LogP contribution in [0.2, 0.25) is 0 Å². The van der Waals surface area contributed by atoms with Gasteiger partial charge >= 0.3 is 6.03 Å². The summed E-state index contributed by atoms with van der Waals surface area (Å²) < 4.78 is 0. The van der Waals surface area contributed by atoms with Gasteiger partial charge in [0.25, 0.3) is 5.91 Å². The summed E-state index contributed by atoms with van der Waals surface area (Å²) in [6.45, 7) is 2.04. The van der Waals surface area contributed by atoms with Gasteiger partial charge in [-0.25, -0.2) is 9.69 Å². The van der Waals surface area contributed by atoms with Crippen LogP contribution in [-0.2, 0) is 4.79 Å². The number of nitrogens with zero attached hydrogens (tertiary/aromatic N) is 2. The van der Waals surface area contributed by atoms with Gasteiger partial charge in [-0.15, -0.1) is 0 Å². The standard InChI is InChI=1S/C13H17N3O2.ClH/c1-9-12(10-6-4-3-5-7-10)16(11(17)8-14)13(18)15(9)2;/h3-7,9,12H,8,14H2,1-2H3;1H/t9-,12-;/m0./s1. The number of likely N-dealkylation sites (N-methyl/N-ethyl adjacent to an activating group) is 1. The Balaban J connectivity index is 0.00000180. The van der Waals surface area contributed by atoms with Gasteiger partial charge in [-0.1, -0.05) is 30.3 Å². The van der Waals surface area contributed by atoms with Crippen LogP contribution < -0.4 is 18.1 Å². The average molecular weight is 284 g/mol. The van der Waals surface area contributed by atoms with Gasteiger partial charge in [-0.3, -0.25) is 4.79 Å². The van der Waals surface area contributed by atoms with Crippen LogP contribution in [0.3, 0.4) is 0 Å². The lowest BCUT2D eigenvalue weighted by atomic mass is 10.0. The summed E-state index contributed by atoms with van der Waals surface area (Å²) in [4.78, 5) is 26.9. The molecule has 5 nitrogen and oxygen atoms in total. The Morgan fingerprint density at radius 3 is 2.42 bits per heavy atom. The maximum absolute atomic E-state index is 12.1. The molecule has 1 aromatic carbocycles. The Bertz CT molecular complexity index is 466. The molecule has 1 heterocycles. The summed E-state index contributed by atoms with van der Waals surface area (Å²) in [6, 6.07) is 9.13. The normalized spacial score (nSPS) is 22.4. The molecule has 3 amide bonds. The highest BCUT2D eigenvalue weighted by molar-refractivity contribution is 5.97. The summed E-state index contributed by atoms with van der Waals surface area (Å²) in [5.41, 5.74) is 4.56. The van der Waals surface area contributed by atoms with Crippen LogP contribution in [0.1, 0.15) is 18.5 Å². The minimum absolute atomic E-state index is 0. The molecule has 1 saturated heterocycles. The van der Waals surface area contributed by atoms with E-state index in [-0.39, 0.29) is 43.0 Å². The average Bonchev–Trinajstić information content (AvgIpc) is 2.63. The minimum atomic E-state index is -0.245. The quantitative estimate of drug-likeness (QED) is 0.640. The summed E-state index contributed by atoms with van der Waals surface area (Å²) >= 11 is 0. The molecular formula is C13H18ClN3O2. The molecular weight excluding hydrogens is 266 g/mol. The van der Waals surface area contributed by atoms with Gasteiger partial charge in [0.2, 0.25) is 0 Å². The van der Waals surface area contributed by atoms with Crippen molar-refractivity contribution in [1.29, 1.82) is 0 Å². The number of imide groups is 1. The van der Waals surface area contributed by atoms with Crippen molar-refractivity contribution in [3.05, 3.63) is 35.9 Å². The van der Waals surface area contributed by atoms with E-state index in [1.807, 2.05) is 37.3 Å². The highest BCUT2D eigenvalue weighted by Gasteiger charge is 2.45. The first-order chi connectivity index (χ1) is 8.57. The molecule has 3 N–H and O–H groups in total. The first-order valence-corrected chi connectivity index (χ1v) is 6.01. The molecule has 1 fully saturated rings. The number of halogens is 1. The lowest BCUT2D eigenvalue weighted by Gasteiger charge is -2.23. The summed E-state index contributed by atoms with van der Waals surface area (Å²) in [5, 5.41) is 0. The van der Waals surface area contributed by atoms with E-state index in [2.05, 4.69) is 5.73 Å². The van der Waals surface area contributed by atoms with Crippen LogP contribution in [0, 0.1) is 0 Å². The zero-order valence-corrected chi connectivity index (χ0v) is 11.8. The molecule has 1 aliphatic heterocycles. The van der Waals surface area contributed by atoms with Crippen molar-refractivity contribution >= 4 is 11.9 Å². The Hall–Kier alpha value is -1.59. The molecule has 6 heteroatoms. The van der Waals surface area contributed by atoms with Crippen LogP contribution in [0.4, 0.5) is 4.79 Å². The number of carbonyl (C=O) groups excluding carboxylic acids is 2. The molecule has 1 aliphatic rings.